The van der Waals surface area contributed by atoms with Crippen molar-refractivity contribution in [2.24, 2.45) is 0 Å². The summed E-state index contributed by atoms with van der Waals surface area (Å²) in [5, 5.41) is 0. The van der Waals surface area contributed by atoms with Gasteiger partial charge in [-0.25, -0.2) is 21.1 Å². The number of hydrogen-bond donors (Lipinski definition) is 0. The van der Waals surface area contributed by atoms with Gasteiger partial charge in [0.15, 0.2) is 9.84 Å². The summed E-state index contributed by atoms with van der Waals surface area (Å²) in [5.41, 5.74) is 0.542. The van der Waals surface area contributed by atoms with Gasteiger partial charge in [0.25, 0.3) is 0 Å². The van der Waals surface area contributed by atoms with E-state index in [0.717, 1.165) is 19.1 Å². The van der Waals surface area contributed by atoms with Crippen molar-refractivity contribution in [3.8, 4) is 0 Å². The molecular weight excluding hydrogens is 298 g/mol. The third-order valence-electron chi connectivity index (χ3n) is 3.10. The molecule has 0 unspecified atom stereocenters. The van der Waals surface area contributed by atoms with Crippen LogP contribution in [0.4, 0.5) is 0 Å². The molecular formula is C13H21NO4S2. The Morgan fingerprint density at radius 2 is 1.75 bits per heavy atom. The monoisotopic (exact) mass is 319 g/mol. The first-order valence-corrected chi connectivity index (χ1v) is 9.71. The van der Waals surface area contributed by atoms with E-state index in [0.29, 0.717) is 12.1 Å². The highest BCUT2D eigenvalue weighted by Crippen LogP contribution is 2.23. The predicted octanol–water partition coefficient (Wildman–Crippen LogP) is 1.82. The van der Waals surface area contributed by atoms with Crippen molar-refractivity contribution in [3.63, 3.8) is 0 Å². The van der Waals surface area contributed by atoms with Gasteiger partial charge in [-0.3, -0.25) is 0 Å². The van der Waals surface area contributed by atoms with E-state index in [4.69, 9.17) is 0 Å². The van der Waals surface area contributed by atoms with E-state index in [1.807, 2.05) is 6.92 Å². The van der Waals surface area contributed by atoms with Crippen molar-refractivity contribution in [2.45, 2.75) is 36.5 Å². The first kappa shape index (κ1) is 17.1. The first-order valence-electron chi connectivity index (χ1n) is 6.37. The highest BCUT2D eigenvalue weighted by atomic mass is 32.2. The topological polar surface area (TPSA) is 71.5 Å². The van der Waals surface area contributed by atoms with Gasteiger partial charge in [-0.05, 0) is 31.0 Å². The molecule has 0 aliphatic rings. The fourth-order valence-electron chi connectivity index (χ4n) is 1.76. The molecule has 0 radical (unpaired) electrons. The molecule has 0 spiro atoms. The van der Waals surface area contributed by atoms with Gasteiger partial charge in [0.05, 0.1) is 9.79 Å². The average Bonchev–Trinajstić information content (AvgIpc) is 2.34. The summed E-state index contributed by atoms with van der Waals surface area (Å²) in [6.45, 7) is 4.06. The van der Waals surface area contributed by atoms with Crippen LogP contribution in [0.3, 0.4) is 0 Å². The number of rotatable bonds is 6. The normalized spacial score (nSPS) is 12.8. The van der Waals surface area contributed by atoms with Crippen LogP contribution < -0.4 is 0 Å². The van der Waals surface area contributed by atoms with Gasteiger partial charge in [-0.15, -0.1) is 0 Å². The minimum absolute atomic E-state index is 0.0190. The van der Waals surface area contributed by atoms with Crippen LogP contribution in [-0.4, -0.2) is 41.0 Å². The zero-order valence-electron chi connectivity index (χ0n) is 12.3. The Morgan fingerprint density at radius 1 is 1.15 bits per heavy atom. The number of hydrogen-bond acceptors (Lipinski definition) is 4. The van der Waals surface area contributed by atoms with Crippen LogP contribution in [0.1, 0.15) is 25.3 Å². The van der Waals surface area contributed by atoms with Gasteiger partial charge in [-0.1, -0.05) is 19.4 Å². The van der Waals surface area contributed by atoms with E-state index in [2.05, 4.69) is 0 Å². The molecule has 114 valence electrons. The zero-order valence-corrected chi connectivity index (χ0v) is 13.9. The lowest BCUT2D eigenvalue weighted by molar-refractivity contribution is 0.459. The van der Waals surface area contributed by atoms with Crippen LogP contribution >= 0.6 is 0 Å². The number of benzene rings is 1. The minimum Gasteiger partial charge on any atom is -0.224 e. The largest absolute Gasteiger partial charge is 0.243 e. The lowest BCUT2D eigenvalue weighted by Crippen LogP contribution is -2.28. The molecule has 0 bridgehead atoms. The highest BCUT2D eigenvalue weighted by Gasteiger charge is 2.24. The SMILES string of the molecule is CCCCN(C)S(=O)(=O)c1cc(S(C)(=O)=O)ccc1C. The minimum atomic E-state index is -3.66. The van der Waals surface area contributed by atoms with Crippen LogP contribution in [0.15, 0.2) is 28.0 Å². The average molecular weight is 319 g/mol. The van der Waals surface area contributed by atoms with Crippen LogP contribution in [0, 0.1) is 6.92 Å². The molecule has 1 aromatic carbocycles. The van der Waals surface area contributed by atoms with Gasteiger partial charge in [0, 0.05) is 19.8 Å². The molecule has 0 N–H and O–H groups in total. The Balaban J connectivity index is 3.31. The van der Waals surface area contributed by atoms with Crippen molar-refractivity contribution in [1.82, 2.24) is 4.31 Å². The summed E-state index contributed by atoms with van der Waals surface area (Å²) in [6, 6.07) is 4.19. The van der Waals surface area contributed by atoms with E-state index in [-0.39, 0.29) is 9.79 Å². The second-order valence-electron chi connectivity index (χ2n) is 4.88. The molecule has 1 rings (SSSR count). The van der Waals surface area contributed by atoms with E-state index in [1.165, 1.54) is 29.6 Å². The maximum atomic E-state index is 12.5. The summed E-state index contributed by atoms with van der Waals surface area (Å²) in [5.74, 6) is 0. The second kappa shape index (κ2) is 6.24. The molecule has 0 aliphatic carbocycles. The molecule has 0 heterocycles. The third-order valence-corrected chi connectivity index (χ3v) is 6.21. The summed E-state index contributed by atoms with van der Waals surface area (Å²) in [6.07, 6.45) is 2.72. The van der Waals surface area contributed by atoms with Crippen molar-refractivity contribution in [3.05, 3.63) is 23.8 Å². The van der Waals surface area contributed by atoms with E-state index in [9.17, 15) is 16.8 Å². The molecule has 5 nitrogen and oxygen atoms in total. The molecule has 0 amide bonds. The smallest absolute Gasteiger partial charge is 0.224 e. The fourth-order valence-corrected chi connectivity index (χ4v) is 3.94. The zero-order chi connectivity index (χ0) is 15.6. The van der Waals surface area contributed by atoms with Crippen LogP contribution in [-0.2, 0) is 19.9 Å². The summed E-state index contributed by atoms with van der Waals surface area (Å²) >= 11 is 0. The lowest BCUT2D eigenvalue weighted by atomic mass is 10.2. The Morgan fingerprint density at radius 3 is 2.25 bits per heavy atom. The van der Waals surface area contributed by atoms with Crippen LogP contribution in [0.5, 0.6) is 0 Å². The third kappa shape index (κ3) is 3.80. The Hall–Kier alpha value is -0.920. The number of unbranched alkanes of at least 4 members (excludes halogenated alkanes) is 1. The van der Waals surface area contributed by atoms with Gasteiger partial charge in [0.1, 0.15) is 0 Å². The van der Waals surface area contributed by atoms with E-state index >= 15 is 0 Å². The van der Waals surface area contributed by atoms with Crippen LogP contribution in [0.2, 0.25) is 0 Å². The maximum absolute atomic E-state index is 12.5. The number of nitrogens with zero attached hydrogens (tertiary/aromatic N) is 1. The van der Waals surface area contributed by atoms with Crippen molar-refractivity contribution < 1.29 is 16.8 Å². The van der Waals surface area contributed by atoms with E-state index < -0.39 is 19.9 Å². The standard InChI is InChI=1S/C13H21NO4S2/c1-5-6-9-14(3)20(17,18)13-10-12(19(4,15)16)8-7-11(13)2/h7-8,10H,5-6,9H2,1-4H3. The molecule has 7 heteroatoms. The second-order valence-corrected chi connectivity index (χ2v) is 8.91. The Labute approximate surface area is 121 Å². The van der Waals surface area contributed by atoms with Gasteiger partial charge < -0.3 is 0 Å². The van der Waals surface area contributed by atoms with E-state index in [1.54, 1.807) is 6.92 Å². The lowest BCUT2D eigenvalue weighted by Gasteiger charge is -2.18. The molecule has 0 fully saturated rings. The molecule has 0 aliphatic heterocycles. The first-order chi connectivity index (χ1) is 9.10. The van der Waals surface area contributed by atoms with Gasteiger partial charge >= 0.3 is 0 Å². The number of sulfone groups is 1. The molecule has 1 aromatic rings. The van der Waals surface area contributed by atoms with Gasteiger partial charge in [0.2, 0.25) is 10.0 Å². The van der Waals surface area contributed by atoms with Crippen LogP contribution in [0.25, 0.3) is 0 Å². The fraction of sp³-hybridized carbons (Fsp3) is 0.538. The van der Waals surface area contributed by atoms with Crippen molar-refractivity contribution in [1.29, 1.82) is 0 Å². The Kier molecular flexibility index (Phi) is 5.34. The highest BCUT2D eigenvalue weighted by molar-refractivity contribution is 7.91. The van der Waals surface area contributed by atoms with Gasteiger partial charge in [-0.2, -0.15) is 0 Å². The molecule has 0 atom stereocenters. The van der Waals surface area contributed by atoms with Crippen molar-refractivity contribution in [2.75, 3.05) is 19.8 Å². The maximum Gasteiger partial charge on any atom is 0.243 e. The number of sulfonamides is 1. The van der Waals surface area contributed by atoms with Crippen molar-refractivity contribution >= 4 is 19.9 Å². The quantitative estimate of drug-likeness (QED) is 0.802. The summed E-state index contributed by atoms with van der Waals surface area (Å²) in [4.78, 5) is 0.0737. The molecule has 0 saturated heterocycles. The summed E-state index contributed by atoms with van der Waals surface area (Å²) < 4.78 is 49.3. The number of aryl methyl sites for hydroxylation is 1. The predicted molar refractivity (Wildman–Crippen MR) is 79.0 cm³/mol. The Bertz CT molecular complexity index is 678. The molecule has 20 heavy (non-hydrogen) atoms. The summed E-state index contributed by atoms with van der Waals surface area (Å²) in [7, 11) is -5.57. The molecule has 0 aromatic heterocycles. The molecule has 0 saturated carbocycles.